The van der Waals surface area contributed by atoms with E-state index >= 15 is 0 Å². The predicted octanol–water partition coefficient (Wildman–Crippen LogP) is 4.16. The fourth-order valence-electron chi connectivity index (χ4n) is 4.91. The van der Waals surface area contributed by atoms with E-state index < -0.39 is 12.3 Å². The molecule has 218 valence electrons. The van der Waals surface area contributed by atoms with Crippen molar-refractivity contribution in [3.63, 3.8) is 0 Å². The molecule has 2 aliphatic rings. The minimum atomic E-state index is -4.86. The monoisotopic (exact) mass is 570 g/mol. The number of hydrogen-bond acceptors (Lipinski definition) is 8. The van der Waals surface area contributed by atoms with Crippen molar-refractivity contribution < 1.29 is 22.7 Å². The van der Waals surface area contributed by atoms with Crippen LogP contribution >= 0.6 is 0 Å². The van der Waals surface area contributed by atoms with Gasteiger partial charge in [-0.05, 0) is 44.2 Å². The molecule has 1 fully saturated rings. The topological polar surface area (TPSA) is 89.9 Å². The van der Waals surface area contributed by atoms with Crippen LogP contribution in [0, 0.1) is 13.8 Å². The van der Waals surface area contributed by atoms with E-state index in [-0.39, 0.29) is 11.4 Å². The number of carbonyl (C=O) groups excluding carboxylic acids is 1. The van der Waals surface area contributed by atoms with Crippen LogP contribution in [0.15, 0.2) is 48.8 Å². The minimum Gasteiger partial charge on any atom is -0.406 e. The summed E-state index contributed by atoms with van der Waals surface area (Å²) >= 11 is 0. The van der Waals surface area contributed by atoms with Gasteiger partial charge in [-0.2, -0.15) is 5.10 Å². The van der Waals surface area contributed by atoms with E-state index in [0.29, 0.717) is 24.3 Å². The molecule has 41 heavy (non-hydrogen) atoms. The molecule has 0 bridgehead atoms. The molecule has 0 saturated carbocycles. The first kappa shape index (κ1) is 28.3. The third-order valence-corrected chi connectivity index (χ3v) is 7.39. The Kier molecular flexibility index (Phi) is 7.82. The van der Waals surface area contributed by atoms with Crippen LogP contribution in [0.3, 0.4) is 0 Å². The Hall–Kier alpha value is -4.23. The lowest BCUT2D eigenvalue weighted by molar-refractivity contribution is -0.274. The molecule has 0 unspecified atom stereocenters. The van der Waals surface area contributed by atoms with Crippen LogP contribution in [0.2, 0.25) is 0 Å². The lowest BCUT2D eigenvalue weighted by Gasteiger charge is -2.35. The largest absolute Gasteiger partial charge is 0.573 e. The molecule has 0 aliphatic carbocycles. The van der Waals surface area contributed by atoms with Crippen molar-refractivity contribution >= 4 is 28.7 Å². The summed E-state index contributed by atoms with van der Waals surface area (Å²) in [4.78, 5) is 17.6. The van der Waals surface area contributed by atoms with E-state index in [0.717, 1.165) is 47.8 Å². The van der Waals surface area contributed by atoms with Crippen LogP contribution in [0.5, 0.6) is 5.75 Å². The van der Waals surface area contributed by atoms with E-state index in [9.17, 15) is 18.0 Å². The van der Waals surface area contributed by atoms with E-state index in [2.05, 4.69) is 37.9 Å². The first-order valence-electron chi connectivity index (χ1n) is 13.3. The zero-order valence-electron chi connectivity index (χ0n) is 23.3. The smallest absolute Gasteiger partial charge is 0.406 e. The number of amides is 1. The number of piperazine rings is 1. The average Bonchev–Trinajstić information content (AvgIpc) is 3.54. The number of hydrogen-bond donors (Lipinski definition) is 3. The molecule has 13 heteroatoms. The zero-order valence-corrected chi connectivity index (χ0v) is 23.3. The molecule has 3 N–H and O–H groups in total. The molecular weight excluding hydrogens is 537 g/mol. The van der Waals surface area contributed by atoms with E-state index in [1.165, 1.54) is 12.1 Å². The van der Waals surface area contributed by atoms with Gasteiger partial charge in [-0.1, -0.05) is 13.0 Å². The number of aryl methyl sites for hydroxylation is 2. The third-order valence-electron chi connectivity index (χ3n) is 7.39. The summed E-state index contributed by atoms with van der Waals surface area (Å²) < 4.78 is 45.3. The molecule has 1 aromatic heterocycles. The van der Waals surface area contributed by atoms with Crippen LogP contribution in [-0.2, 0) is 7.05 Å². The number of hydrazine groups is 2. The molecule has 10 nitrogen and oxygen atoms in total. The fourth-order valence-corrected chi connectivity index (χ4v) is 4.91. The summed E-state index contributed by atoms with van der Waals surface area (Å²) in [5, 5.41) is 8.81. The number of aromatic nitrogens is 2. The van der Waals surface area contributed by atoms with Crippen molar-refractivity contribution in [3.05, 3.63) is 71.2 Å². The van der Waals surface area contributed by atoms with E-state index in [4.69, 9.17) is 0 Å². The van der Waals surface area contributed by atoms with Crippen molar-refractivity contribution in [1.29, 1.82) is 0 Å². The second-order valence-corrected chi connectivity index (χ2v) is 10.1. The van der Waals surface area contributed by atoms with Gasteiger partial charge in [-0.25, -0.2) is 0 Å². The Labute approximate surface area is 236 Å². The first-order chi connectivity index (χ1) is 19.5. The number of nitrogens with zero attached hydrogens (tertiary/aromatic N) is 5. The van der Waals surface area contributed by atoms with Crippen LogP contribution < -0.4 is 30.9 Å². The van der Waals surface area contributed by atoms with Gasteiger partial charge in [0.05, 0.1) is 17.6 Å². The van der Waals surface area contributed by atoms with Gasteiger partial charge in [0.25, 0.3) is 5.91 Å². The number of ether oxygens (including phenoxy) is 1. The van der Waals surface area contributed by atoms with Gasteiger partial charge in [0.1, 0.15) is 5.75 Å². The first-order valence-corrected chi connectivity index (χ1v) is 13.3. The van der Waals surface area contributed by atoms with Gasteiger partial charge in [-0.3, -0.25) is 14.5 Å². The highest BCUT2D eigenvalue weighted by Gasteiger charge is 2.32. The summed E-state index contributed by atoms with van der Waals surface area (Å²) in [7, 11) is 1.87. The van der Waals surface area contributed by atoms with E-state index in [1.807, 2.05) is 38.1 Å². The van der Waals surface area contributed by atoms with Crippen molar-refractivity contribution in [2.24, 2.45) is 7.05 Å². The fraction of sp³-hybridized carbons (Fsp3) is 0.357. The van der Waals surface area contributed by atoms with Crippen LogP contribution in [-0.4, -0.2) is 59.7 Å². The Balaban J connectivity index is 1.38. The van der Waals surface area contributed by atoms with Crippen LogP contribution in [0.25, 0.3) is 5.70 Å². The number of carbonyl (C=O) groups is 1. The number of rotatable bonds is 7. The van der Waals surface area contributed by atoms with Gasteiger partial charge in [0.2, 0.25) is 0 Å². The molecule has 2 aliphatic heterocycles. The molecule has 3 aromatic rings. The highest BCUT2D eigenvalue weighted by atomic mass is 19.4. The number of alkyl halides is 3. The van der Waals surface area contributed by atoms with Crippen molar-refractivity contribution in [2.75, 3.05) is 47.9 Å². The molecule has 0 atom stereocenters. The number of likely N-dealkylation sites (N-methyl/N-ethyl adjacent to an activating group) is 1. The van der Waals surface area contributed by atoms with Gasteiger partial charge < -0.3 is 25.3 Å². The Morgan fingerprint density at radius 3 is 2.51 bits per heavy atom. The number of nitrogens with one attached hydrogen (secondary N) is 3. The summed E-state index contributed by atoms with van der Waals surface area (Å²) in [6.07, 6.45) is -1.22. The minimum absolute atomic E-state index is 0.210. The van der Waals surface area contributed by atoms with Crippen molar-refractivity contribution in [3.8, 4) is 5.75 Å². The number of benzene rings is 2. The molecule has 1 amide bonds. The van der Waals surface area contributed by atoms with Gasteiger partial charge in [0, 0.05) is 79.8 Å². The number of anilines is 3. The summed E-state index contributed by atoms with van der Waals surface area (Å²) in [5.74, 6) is -0.847. The SMILES string of the molecule is CCN1CCN(c2cc(NC(=O)c3ccc(C)c(N4C=C(c5cnn(C)c5C)NN4)c3)cc(OC(F)(F)F)c2)CC1. The van der Waals surface area contributed by atoms with Crippen molar-refractivity contribution in [1.82, 2.24) is 25.6 Å². The molecule has 3 heterocycles. The number of halogens is 3. The summed E-state index contributed by atoms with van der Waals surface area (Å²) in [6, 6.07) is 9.42. The summed E-state index contributed by atoms with van der Waals surface area (Å²) in [5.41, 5.74) is 11.7. The summed E-state index contributed by atoms with van der Waals surface area (Å²) in [6.45, 7) is 9.78. The van der Waals surface area contributed by atoms with Gasteiger partial charge >= 0.3 is 6.36 Å². The lowest BCUT2D eigenvalue weighted by atomic mass is 10.1. The maximum atomic E-state index is 13.3. The molecular formula is C28H33F3N8O2. The maximum Gasteiger partial charge on any atom is 0.573 e. The molecule has 2 aromatic carbocycles. The lowest BCUT2D eigenvalue weighted by Crippen LogP contribution is -2.46. The Bertz CT molecular complexity index is 1460. The average molecular weight is 571 g/mol. The van der Waals surface area contributed by atoms with Crippen molar-refractivity contribution in [2.45, 2.75) is 27.1 Å². The molecule has 5 rings (SSSR count). The second-order valence-electron chi connectivity index (χ2n) is 10.1. The van der Waals surface area contributed by atoms with Crippen LogP contribution in [0.4, 0.5) is 30.2 Å². The predicted molar refractivity (Wildman–Crippen MR) is 151 cm³/mol. The molecule has 0 spiro atoms. The van der Waals surface area contributed by atoms with Crippen LogP contribution in [0.1, 0.15) is 34.1 Å². The van der Waals surface area contributed by atoms with E-state index in [1.54, 1.807) is 34.1 Å². The standard InChI is InChI=1S/C28H33F3N8O2/c1-5-37-8-10-38(11-9-37)22-13-21(14-23(15-22)41-28(29,30)31)33-27(40)20-7-6-18(2)26(12-20)39-17-25(34-35-39)24-16-32-36(4)19(24)3/h6-7,12-17,34-35H,5,8-11H2,1-4H3,(H,33,40). The third kappa shape index (κ3) is 6.41. The highest BCUT2D eigenvalue weighted by Crippen LogP contribution is 2.32. The highest BCUT2D eigenvalue weighted by molar-refractivity contribution is 6.05. The Morgan fingerprint density at radius 1 is 1.10 bits per heavy atom. The van der Waals surface area contributed by atoms with Gasteiger partial charge in [0.15, 0.2) is 0 Å². The normalized spacial score (nSPS) is 16.0. The second kappa shape index (κ2) is 11.3. The van der Waals surface area contributed by atoms with Gasteiger partial charge in [-0.15, -0.1) is 18.7 Å². The molecule has 0 radical (unpaired) electrons. The maximum absolute atomic E-state index is 13.3. The quantitative estimate of drug-likeness (QED) is 0.391. The zero-order chi connectivity index (χ0) is 29.3. The Morgan fingerprint density at radius 2 is 1.85 bits per heavy atom. The molecule has 1 saturated heterocycles.